The van der Waals surface area contributed by atoms with Crippen LogP contribution in [0.2, 0.25) is 0 Å². The highest BCUT2D eigenvalue weighted by molar-refractivity contribution is 7.13. The molecular weight excluding hydrogens is 395 g/mol. The van der Waals surface area contributed by atoms with E-state index in [0.29, 0.717) is 36.9 Å². The Hall–Kier alpha value is -2.62. The van der Waals surface area contributed by atoms with Gasteiger partial charge in [0.1, 0.15) is 5.69 Å². The van der Waals surface area contributed by atoms with Gasteiger partial charge in [0.2, 0.25) is 0 Å². The highest BCUT2D eigenvalue weighted by Crippen LogP contribution is 2.37. The van der Waals surface area contributed by atoms with Crippen LogP contribution in [0.3, 0.4) is 0 Å². The van der Waals surface area contributed by atoms with E-state index < -0.39 is 22.4 Å². The number of piperidine rings is 1. The number of nitrogens with zero attached hydrogens (tertiary/aromatic N) is 2. The van der Waals surface area contributed by atoms with E-state index in [9.17, 15) is 28.1 Å². The molecule has 6 nitrogen and oxygen atoms in total. The van der Waals surface area contributed by atoms with Crippen molar-refractivity contribution in [3.05, 3.63) is 55.8 Å². The molecule has 0 spiro atoms. The Morgan fingerprint density at radius 3 is 2.46 bits per heavy atom. The van der Waals surface area contributed by atoms with Gasteiger partial charge < -0.3 is 10.2 Å². The van der Waals surface area contributed by atoms with Crippen molar-refractivity contribution in [2.45, 2.75) is 32.0 Å². The van der Waals surface area contributed by atoms with Crippen molar-refractivity contribution in [3.63, 3.8) is 0 Å². The molecule has 2 aromatic rings. The van der Waals surface area contributed by atoms with E-state index in [4.69, 9.17) is 0 Å². The van der Waals surface area contributed by atoms with Crippen LogP contribution in [0.1, 0.15) is 33.0 Å². The first-order valence-corrected chi connectivity index (χ1v) is 9.44. The summed E-state index contributed by atoms with van der Waals surface area (Å²) in [6.07, 6.45) is -3.54. The lowest BCUT2D eigenvalue weighted by atomic mass is 10.0. The van der Waals surface area contributed by atoms with Crippen LogP contribution in [0, 0.1) is 17.0 Å². The second-order valence-corrected chi connectivity index (χ2v) is 7.89. The molecule has 1 N–H and O–H groups in total. The fourth-order valence-corrected chi connectivity index (χ4v) is 3.96. The van der Waals surface area contributed by atoms with Gasteiger partial charge in [0.25, 0.3) is 11.6 Å². The van der Waals surface area contributed by atoms with Gasteiger partial charge in [-0.15, -0.1) is 11.3 Å². The van der Waals surface area contributed by atoms with Gasteiger partial charge >= 0.3 is 6.18 Å². The Morgan fingerprint density at radius 2 is 1.93 bits per heavy atom. The smallest absolute Gasteiger partial charge is 0.366 e. The van der Waals surface area contributed by atoms with Crippen LogP contribution >= 0.6 is 11.3 Å². The van der Waals surface area contributed by atoms with Gasteiger partial charge in [-0.25, -0.2) is 0 Å². The van der Waals surface area contributed by atoms with Gasteiger partial charge in [-0.1, -0.05) is 0 Å². The number of nitro groups is 1. The van der Waals surface area contributed by atoms with Crippen LogP contribution in [-0.2, 0) is 6.18 Å². The van der Waals surface area contributed by atoms with E-state index in [1.54, 1.807) is 11.0 Å². The fraction of sp³-hybridized carbons (Fsp3) is 0.389. The molecule has 1 aliphatic rings. The van der Waals surface area contributed by atoms with Gasteiger partial charge in [0.05, 0.1) is 15.4 Å². The zero-order valence-corrected chi connectivity index (χ0v) is 15.8. The van der Waals surface area contributed by atoms with Crippen LogP contribution in [-0.4, -0.2) is 30.0 Å². The predicted octanol–water partition coefficient (Wildman–Crippen LogP) is 4.38. The van der Waals surface area contributed by atoms with Crippen LogP contribution in [0.5, 0.6) is 0 Å². The van der Waals surface area contributed by atoms with Crippen molar-refractivity contribution in [1.82, 2.24) is 5.32 Å². The van der Waals surface area contributed by atoms with E-state index in [0.717, 1.165) is 17.0 Å². The number of thiophene rings is 1. The third-order valence-electron chi connectivity index (χ3n) is 4.63. The van der Waals surface area contributed by atoms with Crippen molar-refractivity contribution < 1.29 is 22.9 Å². The largest absolute Gasteiger partial charge is 0.416 e. The Labute approximate surface area is 163 Å². The van der Waals surface area contributed by atoms with Crippen molar-refractivity contribution in [3.8, 4) is 0 Å². The summed E-state index contributed by atoms with van der Waals surface area (Å²) in [6, 6.07) is 6.12. The summed E-state index contributed by atoms with van der Waals surface area (Å²) in [7, 11) is 0. The molecule has 3 rings (SSSR count). The number of rotatable bonds is 4. The first-order valence-electron chi connectivity index (χ1n) is 8.63. The number of benzene rings is 1. The number of anilines is 1. The normalized spacial score (nSPS) is 15.5. The Morgan fingerprint density at radius 1 is 1.25 bits per heavy atom. The molecule has 10 heteroatoms. The number of nitrogens with one attached hydrogen (secondary N) is 1. The van der Waals surface area contributed by atoms with Gasteiger partial charge in [-0.05, 0) is 44.0 Å². The minimum atomic E-state index is -4.64. The molecular formula is C18H18F3N3O3S. The summed E-state index contributed by atoms with van der Waals surface area (Å²) in [6.45, 7) is 2.72. The molecule has 0 radical (unpaired) electrons. The van der Waals surface area contributed by atoms with Crippen molar-refractivity contribution >= 4 is 28.6 Å². The maximum Gasteiger partial charge on any atom is 0.416 e. The van der Waals surface area contributed by atoms with Crippen molar-refractivity contribution in [2.75, 3.05) is 18.0 Å². The number of hydrogen-bond acceptors (Lipinski definition) is 5. The summed E-state index contributed by atoms with van der Waals surface area (Å²) in [5.74, 6) is -0.155. The molecule has 1 aromatic heterocycles. The second kappa shape index (κ2) is 7.78. The first-order chi connectivity index (χ1) is 13.1. The number of alkyl halides is 3. The number of amides is 1. The van der Waals surface area contributed by atoms with Crippen molar-refractivity contribution in [1.29, 1.82) is 0 Å². The molecule has 1 saturated heterocycles. The molecule has 150 valence electrons. The van der Waals surface area contributed by atoms with E-state index in [-0.39, 0.29) is 17.6 Å². The lowest BCUT2D eigenvalue weighted by Crippen LogP contribution is -2.44. The molecule has 0 saturated carbocycles. The van der Waals surface area contributed by atoms with Crippen molar-refractivity contribution in [2.24, 2.45) is 0 Å². The lowest BCUT2D eigenvalue weighted by Gasteiger charge is -2.33. The average molecular weight is 413 g/mol. The van der Waals surface area contributed by atoms with E-state index >= 15 is 0 Å². The molecule has 0 aliphatic carbocycles. The van der Waals surface area contributed by atoms with E-state index in [1.165, 1.54) is 11.3 Å². The summed E-state index contributed by atoms with van der Waals surface area (Å²) in [5.41, 5.74) is -1.45. The summed E-state index contributed by atoms with van der Waals surface area (Å²) in [5, 5.41) is 14.2. The number of nitro benzene ring substituents is 1. The Kier molecular flexibility index (Phi) is 5.59. The third kappa shape index (κ3) is 4.44. The lowest BCUT2D eigenvalue weighted by molar-refractivity contribution is -0.384. The molecule has 0 unspecified atom stereocenters. The van der Waals surface area contributed by atoms with E-state index in [2.05, 4.69) is 5.32 Å². The zero-order chi connectivity index (χ0) is 20.5. The quantitative estimate of drug-likeness (QED) is 0.596. The number of carbonyl (C=O) groups is 1. The number of carbonyl (C=O) groups excluding carboxylic acids is 1. The molecule has 2 heterocycles. The van der Waals surface area contributed by atoms with Gasteiger partial charge in [-0.2, -0.15) is 13.2 Å². The maximum atomic E-state index is 12.8. The highest BCUT2D eigenvalue weighted by atomic mass is 32.1. The van der Waals surface area contributed by atoms with Crippen LogP contribution in [0.4, 0.5) is 24.5 Å². The molecule has 0 bridgehead atoms. The number of aryl methyl sites for hydroxylation is 1. The fourth-order valence-electron chi connectivity index (χ4n) is 3.19. The monoisotopic (exact) mass is 413 g/mol. The topological polar surface area (TPSA) is 75.5 Å². The minimum Gasteiger partial charge on any atom is -0.366 e. The van der Waals surface area contributed by atoms with Gasteiger partial charge in [-0.3, -0.25) is 14.9 Å². The first kappa shape index (κ1) is 20.1. The molecule has 1 aliphatic heterocycles. The Balaban J connectivity index is 1.67. The highest BCUT2D eigenvalue weighted by Gasteiger charge is 2.34. The van der Waals surface area contributed by atoms with Gasteiger partial charge in [0, 0.05) is 30.1 Å². The maximum absolute atomic E-state index is 12.8. The van der Waals surface area contributed by atoms with E-state index in [1.807, 2.05) is 13.0 Å². The molecule has 1 fully saturated rings. The summed E-state index contributed by atoms with van der Waals surface area (Å²) >= 11 is 1.40. The molecule has 0 atom stereocenters. The van der Waals surface area contributed by atoms with Crippen LogP contribution < -0.4 is 10.2 Å². The van der Waals surface area contributed by atoms with Gasteiger partial charge in [0.15, 0.2) is 0 Å². The molecule has 1 aromatic carbocycles. The Bertz CT molecular complexity index is 890. The number of halogens is 3. The van der Waals surface area contributed by atoms with Crippen LogP contribution in [0.25, 0.3) is 0 Å². The second-order valence-electron chi connectivity index (χ2n) is 6.60. The predicted molar refractivity (Wildman–Crippen MR) is 99.9 cm³/mol. The SMILES string of the molecule is Cc1ccc(C(=O)NC2CCN(c3ccc(C(F)(F)F)cc3[N+](=O)[O-])CC2)s1. The van der Waals surface area contributed by atoms with Crippen LogP contribution in [0.15, 0.2) is 30.3 Å². The average Bonchev–Trinajstić information content (AvgIpc) is 3.07. The molecule has 1 amide bonds. The zero-order valence-electron chi connectivity index (χ0n) is 15.0. The molecule has 28 heavy (non-hydrogen) atoms. The standard InChI is InChI=1S/C18H18F3N3O3S/c1-11-2-5-16(28-11)17(25)22-13-6-8-23(9-7-13)14-4-3-12(18(19,20)21)10-15(14)24(26)27/h2-5,10,13H,6-9H2,1H3,(H,22,25). The number of hydrogen-bond donors (Lipinski definition) is 1. The summed E-state index contributed by atoms with van der Waals surface area (Å²) < 4.78 is 38.5. The minimum absolute atomic E-state index is 0.0836. The third-order valence-corrected chi connectivity index (χ3v) is 5.63. The summed E-state index contributed by atoms with van der Waals surface area (Å²) in [4.78, 5) is 26.1.